The summed E-state index contributed by atoms with van der Waals surface area (Å²) in [6.45, 7) is 6.96. The zero-order valence-corrected chi connectivity index (χ0v) is 19.6. The molecule has 4 heterocycles. The van der Waals surface area contributed by atoms with Crippen molar-refractivity contribution in [3.05, 3.63) is 35.9 Å². The Labute approximate surface area is 196 Å². The summed E-state index contributed by atoms with van der Waals surface area (Å²) in [4.78, 5) is 34.2. The van der Waals surface area contributed by atoms with Crippen LogP contribution in [0.4, 0.5) is 11.9 Å². The molecule has 5 rings (SSSR count). The van der Waals surface area contributed by atoms with Crippen molar-refractivity contribution in [1.29, 1.82) is 0 Å². The number of likely N-dealkylation sites (tertiary alicyclic amines) is 1. The highest BCUT2D eigenvalue weighted by atomic mass is 16.2. The van der Waals surface area contributed by atoms with Crippen molar-refractivity contribution in [2.24, 2.45) is 17.8 Å². The molecule has 2 atom stereocenters. The van der Waals surface area contributed by atoms with Gasteiger partial charge >= 0.3 is 0 Å². The highest BCUT2D eigenvalue weighted by molar-refractivity contribution is 5.79. The van der Waals surface area contributed by atoms with E-state index in [0.717, 1.165) is 74.8 Å². The Kier molecular flexibility index (Phi) is 6.69. The molecule has 0 unspecified atom stereocenters. The standard InChI is InChI=1S/C25H35N7O/c1-2-18-14-29-25(30-15-18)32-10-5-20(6-11-32)22-13-21(22)4-7-26-24-27-16-19(17-28-24)12-23(33)31-8-3-9-31/h14-17,20-22H,2-13H2,1H3,(H,26,27,28)/t21-,22-/m1/s1. The molecule has 0 radical (unpaired) electrons. The minimum Gasteiger partial charge on any atom is -0.354 e. The van der Waals surface area contributed by atoms with Crippen LogP contribution in [-0.2, 0) is 17.6 Å². The van der Waals surface area contributed by atoms with Crippen LogP contribution in [0.5, 0.6) is 0 Å². The molecule has 3 aliphatic rings. The van der Waals surface area contributed by atoms with Gasteiger partial charge in [0.05, 0.1) is 6.42 Å². The molecule has 33 heavy (non-hydrogen) atoms. The van der Waals surface area contributed by atoms with Gasteiger partial charge in [0.15, 0.2) is 0 Å². The fourth-order valence-corrected chi connectivity index (χ4v) is 5.16. The fourth-order valence-electron chi connectivity index (χ4n) is 5.16. The van der Waals surface area contributed by atoms with Gasteiger partial charge in [0, 0.05) is 57.5 Å². The predicted octanol–water partition coefficient (Wildman–Crippen LogP) is 2.96. The Hall–Kier alpha value is -2.77. The van der Waals surface area contributed by atoms with E-state index in [-0.39, 0.29) is 5.91 Å². The van der Waals surface area contributed by atoms with E-state index >= 15 is 0 Å². The van der Waals surface area contributed by atoms with Crippen molar-refractivity contribution < 1.29 is 4.79 Å². The van der Waals surface area contributed by atoms with Gasteiger partial charge < -0.3 is 15.1 Å². The molecule has 2 saturated heterocycles. The van der Waals surface area contributed by atoms with Crippen molar-refractivity contribution >= 4 is 17.8 Å². The maximum absolute atomic E-state index is 12.1. The van der Waals surface area contributed by atoms with E-state index in [1.807, 2.05) is 17.3 Å². The molecule has 1 saturated carbocycles. The highest BCUT2D eigenvalue weighted by Gasteiger charge is 2.43. The minimum atomic E-state index is 0.179. The third-order valence-corrected chi connectivity index (χ3v) is 7.57. The number of hydrogen-bond acceptors (Lipinski definition) is 7. The van der Waals surface area contributed by atoms with Crippen LogP contribution in [0.15, 0.2) is 24.8 Å². The average Bonchev–Trinajstić information content (AvgIpc) is 3.59. The van der Waals surface area contributed by atoms with Crippen molar-refractivity contribution in [2.75, 3.05) is 42.9 Å². The van der Waals surface area contributed by atoms with Crippen molar-refractivity contribution in [3.63, 3.8) is 0 Å². The van der Waals surface area contributed by atoms with Crippen LogP contribution < -0.4 is 10.2 Å². The van der Waals surface area contributed by atoms with E-state index in [1.54, 1.807) is 12.4 Å². The summed E-state index contributed by atoms with van der Waals surface area (Å²) in [5.41, 5.74) is 2.08. The number of aryl methyl sites for hydroxylation is 1. The second-order valence-electron chi connectivity index (χ2n) is 9.77. The van der Waals surface area contributed by atoms with Gasteiger partial charge in [-0.2, -0.15) is 0 Å². The minimum absolute atomic E-state index is 0.179. The summed E-state index contributed by atoms with van der Waals surface area (Å²) in [5.74, 6) is 4.25. The van der Waals surface area contributed by atoms with Gasteiger partial charge in [-0.3, -0.25) is 4.79 Å². The number of hydrogen-bond donors (Lipinski definition) is 1. The number of carbonyl (C=O) groups is 1. The summed E-state index contributed by atoms with van der Waals surface area (Å²) in [7, 11) is 0. The highest BCUT2D eigenvalue weighted by Crippen LogP contribution is 2.49. The molecule has 2 aromatic heterocycles. The number of aromatic nitrogens is 4. The summed E-state index contributed by atoms with van der Waals surface area (Å²) < 4.78 is 0. The number of amides is 1. The second kappa shape index (κ2) is 10.0. The molecule has 1 amide bonds. The molecule has 1 N–H and O–H groups in total. The first kappa shape index (κ1) is 22.0. The molecule has 0 spiro atoms. The van der Waals surface area contributed by atoms with Crippen LogP contribution in [0.1, 0.15) is 50.2 Å². The van der Waals surface area contributed by atoms with Crippen LogP contribution in [0.25, 0.3) is 0 Å². The first-order valence-corrected chi connectivity index (χ1v) is 12.6. The molecule has 8 nitrogen and oxygen atoms in total. The van der Waals surface area contributed by atoms with Gasteiger partial charge in [-0.25, -0.2) is 19.9 Å². The van der Waals surface area contributed by atoms with Crippen LogP contribution in [-0.4, -0.2) is 63.5 Å². The topological polar surface area (TPSA) is 87.1 Å². The largest absolute Gasteiger partial charge is 0.354 e. The quantitative estimate of drug-likeness (QED) is 0.630. The zero-order chi connectivity index (χ0) is 22.6. The molecule has 176 valence electrons. The Morgan fingerprint density at radius 3 is 2.33 bits per heavy atom. The lowest BCUT2D eigenvalue weighted by atomic mass is 9.90. The number of piperidine rings is 1. The van der Waals surface area contributed by atoms with Gasteiger partial charge in [-0.1, -0.05) is 6.92 Å². The van der Waals surface area contributed by atoms with E-state index in [0.29, 0.717) is 12.4 Å². The summed E-state index contributed by atoms with van der Waals surface area (Å²) >= 11 is 0. The number of rotatable bonds is 9. The predicted molar refractivity (Wildman–Crippen MR) is 128 cm³/mol. The molecule has 8 heteroatoms. The maximum atomic E-state index is 12.1. The summed E-state index contributed by atoms with van der Waals surface area (Å²) in [6, 6.07) is 0. The van der Waals surface area contributed by atoms with Crippen molar-refractivity contribution in [3.8, 4) is 0 Å². The van der Waals surface area contributed by atoms with Crippen LogP contribution in [0.2, 0.25) is 0 Å². The lowest BCUT2D eigenvalue weighted by Gasteiger charge is -2.32. The van der Waals surface area contributed by atoms with Crippen LogP contribution in [0, 0.1) is 17.8 Å². The molecule has 3 fully saturated rings. The molecule has 0 bridgehead atoms. The summed E-state index contributed by atoms with van der Waals surface area (Å²) in [5, 5.41) is 3.36. The molecule has 0 aromatic carbocycles. The SMILES string of the molecule is CCc1cnc(N2CCC([C@H]3C[C@H]3CCNc3ncc(CC(=O)N4CCC4)cn3)CC2)nc1. The summed E-state index contributed by atoms with van der Waals surface area (Å²) in [6.07, 6.45) is 15.0. The lowest BCUT2D eigenvalue weighted by molar-refractivity contribution is -0.133. The molecule has 2 aromatic rings. The Morgan fingerprint density at radius 2 is 1.70 bits per heavy atom. The monoisotopic (exact) mass is 449 g/mol. The molecule has 2 aliphatic heterocycles. The van der Waals surface area contributed by atoms with E-state index < -0.39 is 0 Å². The number of nitrogens with one attached hydrogen (secondary N) is 1. The van der Waals surface area contributed by atoms with Gasteiger partial charge in [0.2, 0.25) is 17.8 Å². The average molecular weight is 450 g/mol. The van der Waals surface area contributed by atoms with Crippen molar-refractivity contribution in [1.82, 2.24) is 24.8 Å². The van der Waals surface area contributed by atoms with Crippen molar-refractivity contribution in [2.45, 2.75) is 51.9 Å². The van der Waals surface area contributed by atoms with E-state index in [9.17, 15) is 4.79 Å². The fraction of sp³-hybridized carbons (Fsp3) is 0.640. The Balaban J connectivity index is 0.994. The molecule has 1 aliphatic carbocycles. The van der Waals surface area contributed by atoms with E-state index in [1.165, 1.54) is 31.2 Å². The molecular formula is C25H35N7O. The Bertz CT molecular complexity index is 921. The van der Waals surface area contributed by atoms with Gasteiger partial charge in [-0.15, -0.1) is 0 Å². The first-order valence-electron chi connectivity index (χ1n) is 12.6. The van der Waals surface area contributed by atoms with Gasteiger partial charge in [0.25, 0.3) is 0 Å². The maximum Gasteiger partial charge on any atom is 0.227 e. The lowest BCUT2D eigenvalue weighted by Crippen LogP contribution is -2.42. The van der Waals surface area contributed by atoms with E-state index in [2.05, 4.69) is 37.1 Å². The smallest absolute Gasteiger partial charge is 0.227 e. The van der Waals surface area contributed by atoms with Gasteiger partial charge in [-0.05, 0) is 67.4 Å². The normalized spacial score (nSPS) is 22.7. The third-order valence-electron chi connectivity index (χ3n) is 7.57. The van der Waals surface area contributed by atoms with Crippen LogP contribution >= 0.6 is 0 Å². The third kappa shape index (κ3) is 5.42. The molecular weight excluding hydrogens is 414 g/mol. The van der Waals surface area contributed by atoms with Gasteiger partial charge in [0.1, 0.15) is 0 Å². The van der Waals surface area contributed by atoms with E-state index in [4.69, 9.17) is 0 Å². The number of anilines is 2. The number of nitrogens with zero attached hydrogens (tertiary/aromatic N) is 6. The first-order chi connectivity index (χ1) is 16.2. The second-order valence-corrected chi connectivity index (χ2v) is 9.77. The Morgan fingerprint density at radius 1 is 1.00 bits per heavy atom. The van der Waals surface area contributed by atoms with Crippen LogP contribution in [0.3, 0.4) is 0 Å². The number of carbonyl (C=O) groups excluding carboxylic acids is 1. The zero-order valence-electron chi connectivity index (χ0n) is 19.6.